The molecule has 19 heteroatoms. The van der Waals surface area contributed by atoms with E-state index in [1.807, 2.05) is 58.2 Å². The largest absolute Gasteiger partial charge is 0.497 e. The van der Waals surface area contributed by atoms with Crippen molar-refractivity contribution >= 4 is 61.2 Å². The fourth-order valence-electron chi connectivity index (χ4n) is 8.78. The van der Waals surface area contributed by atoms with E-state index in [2.05, 4.69) is 28.2 Å². The molecule has 4 amide bonds. The molecule has 17 nitrogen and oxygen atoms in total. The Morgan fingerprint density at radius 3 is 2.36 bits per heavy atom. The molecule has 4 aromatic rings. The Morgan fingerprint density at radius 2 is 1.67 bits per heavy atom. The third kappa shape index (κ3) is 13.1. The Hall–Kier alpha value is -5.53. The van der Waals surface area contributed by atoms with Crippen LogP contribution in [-0.4, -0.2) is 119 Å². The summed E-state index contributed by atoms with van der Waals surface area (Å²) in [7, 11) is -2.27. The normalized spacial score (nSPS) is 18.6. The van der Waals surface area contributed by atoms with Gasteiger partial charge in [0.15, 0.2) is 5.13 Å². The number of hydrogen-bond donors (Lipinski definition) is 5. The van der Waals surface area contributed by atoms with Gasteiger partial charge < -0.3 is 40.7 Å². The van der Waals surface area contributed by atoms with Crippen molar-refractivity contribution in [1.29, 1.82) is 0 Å². The molecule has 0 spiro atoms. The lowest BCUT2D eigenvalue weighted by molar-refractivity contribution is -0.148. The molecule has 0 saturated carbocycles. The molecule has 1 unspecified atom stereocenters. The van der Waals surface area contributed by atoms with Crippen LogP contribution in [0, 0.1) is 5.41 Å². The number of nitrogens with zero attached hydrogens (tertiary/aromatic N) is 4. The van der Waals surface area contributed by atoms with Crippen LogP contribution in [0.1, 0.15) is 119 Å². The third-order valence-corrected chi connectivity index (χ3v) is 16.0. The summed E-state index contributed by atoms with van der Waals surface area (Å²) in [6, 6.07) is 10.7. The standard InChI is InChI=1S/C51H72N8O9S2/c1-10-12-13-14-15-16-20-37(54-48(64)56-44(50(5,6)7)30-58-25-24-33-19-17-18-21-43(33)70(58,65)66)46(61)59-29-35(27-41(59)45(60)57-51(8,11-2)47(62)63)68-42-28-39(40-31-69-49(55-40)52-32(3)4)53-38-26-34(67-9)22-23-36(38)42/h17-19,21-23,26,28,31-32,35,37,41,44H,10-16,20,24-25,27,29-30H2,1-9H3,(H,52,55)(H,57,60)(H,62,63)(H2,54,56,64)/t35-,37+,41+,44?,51+/m1/s1. The molecular formula is C51H72N8O9S2. The Balaban J connectivity index is 1.31. The molecule has 0 bridgehead atoms. The van der Waals surface area contributed by atoms with Gasteiger partial charge in [0, 0.05) is 54.5 Å². The number of pyridine rings is 1. The summed E-state index contributed by atoms with van der Waals surface area (Å²) in [4.78, 5) is 67.6. The van der Waals surface area contributed by atoms with Crippen molar-refractivity contribution in [2.45, 2.75) is 160 Å². The zero-order valence-electron chi connectivity index (χ0n) is 42.1. The molecule has 2 aliphatic heterocycles. The number of methoxy groups -OCH3 is 1. The summed E-state index contributed by atoms with van der Waals surface area (Å²) in [5, 5.41) is 25.5. The predicted molar refractivity (Wildman–Crippen MR) is 273 cm³/mol. The molecule has 2 aliphatic rings. The minimum Gasteiger partial charge on any atom is -0.497 e. The molecule has 5 N–H and O–H groups in total. The van der Waals surface area contributed by atoms with Crippen molar-refractivity contribution in [3.8, 4) is 22.9 Å². The highest BCUT2D eigenvalue weighted by Crippen LogP contribution is 2.36. The maximum atomic E-state index is 15.1. The Bertz CT molecular complexity index is 2600. The SMILES string of the molecule is CCCCCCCC[C@H](NC(=O)NC(CN1CCc2ccccc2S1(=O)=O)C(C)(C)C)C(=O)N1C[C@H](Oc2cc(-c3csc(NC(C)C)n3)nc3cc(OC)ccc23)C[C@H]1C(=O)N[C@@](C)(CC)C(=O)O. The molecule has 2 aromatic carbocycles. The maximum absolute atomic E-state index is 15.1. The van der Waals surface area contributed by atoms with Gasteiger partial charge in [-0.1, -0.05) is 91.3 Å². The van der Waals surface area contributed by atoms with Gasteiger partial charge in [0.25, 0.3) is 0 Å². The predicted octanol–water partition coefficient (Wildman–Crippen LogP) is 7.99. The van der Waals surface area contributed by atoms with Gasteiger partial charge in [-0.15, -0.1) is 11.3 Å². The van der Waals surface area contributed by atoms with Crippen LogP contribution in [0.2, 0.25) is 0 Å². The van der Waals surface area contributed by atoms with Crippen molar-refractivity contribution in [2.24, 2.45) is 5.41 Å². The second-order valence-electron chi connectivity index (χ2n) is 20.1. The number of thiazole rings is 1. The average molecular weight is 1010 g/mol. The first-order valence-electron chi connectivity index (χ1n) is 24.6. The number of rotatable bonds is 22. The van der Waals surface area contributed by atoms with Crippen molar-refractivity contribution in [2.75, 3.05) is 32.1 Å². The highest BCUT2D eigenvalue weighted by Gasteiger charge is 2.46. The minimum atomic E-state index is -3.84. The van der Waals surface area contributed by atoms with Crippen LogP contribution < -0.4 is 30.7 Å². The van der Waals surface area contributed by atoms with E-state index in [0.29, 0.717) is 46.6 Å². The number of carbonyl (C=O) groups excluding carboxylic acids is 3. The van der Waals surface area contributed by atoms with E-state index in [0.717, 1.165) is 42.8 Å². The monoisotopic (exact) mass is 1000 g/mol. The number of aromatic nitrogens is 2. The second kappa shape index (κ2) is 23.1. The Morgan fingerprint density at radius 1 is 0.943 bits per heavy atom. The van der Waals surface area contributed by atoms with Gasteiger partial charge in [0.2, 0.25) is 21.8 Å². The summed E-state index contributed by atoms with van der Waals surface area (Å²) < 4.78 is 41.4. The molecule has 0 aliphatic carbocycles. The van der Waals surface area contributed by atoms with Gasteiger partial charge in [-0.2, -0.15) is 4.31 Å². The highest BCUT2D eigenvalue weighted by atomic mass is 32.2. The van der Waals surface area contributed by atoms with E-state index >= 15 is 4.79 Å². The molecular weight excluding hydrogens is 933 g/mol. The number of likely N-dealkylation sites (tertiary alicyclic amines) is 1. The summed E-state index contributed by atoms with van der Waals surface area (Å²) >= 11 is 1.45. The van der Waals surface area contributed by atoms with E-state index in [-0.39, 0.29) is 49.8 Å². The van der Waals surface area contributed by atoms with Crippen molar-refractivity contribution < 1.29 is 42.2 Å². The number of urea groups is 1. The summed E-state index contributed by atoms with van der Waals surface area (Å²) in [6.07, 6.45) is 5.67. The van der Waals surface area contributed by atoms with E-state index in [1.165, 1.54) is 27.5 Å². The number of nitrogens with one attached hydrogen (secondary N) is 4. The van der Waals surface area contributed by atoms with Gasteiger partial charge in [0.05, 0.1) is 29.8 Å². The number of ether oxygens (including phenoxy) is 2. The summed E-state index contributed by atoms with van der Waals surface area (Å²) in [6.45, 7) is 15.2. The molecule has 1 saturated heterocycles. The summed E-state index contributed by atoms with van der Waals surface area (Å²) in [5.41, 5.74) is 0.253. The lowest BCUT2D eigenvalue weighted by Crippen LogP contribution is -2.60. The lowest BCUT2D eigenvalue weighted by atomic mass is 9.86. The molecule has 1 fully saturated rings. The van der Waals surface area contributed by atoms with Gasteiger partial charge in [-0.05, 0) is 69.2 Å². The summed E-state index contributed by atoms with van der Waals surface area (Å²) in [5.74, 6) is -1.39. The zero-order chi connectivity index (χ0) is 51.0. The topological polar surface area (TPSA) is 221 Å². The molecule has 382 valence electrons. The molecule has 0 radical (unpaired) electrons. The van der Waals surface area contributed by atoms with Crippen LogP contribution in [0.4, 0.5) is 9.93 Å². The molecule has 4 heterocycles. The lowest BCUT2D eigenvalue weighted by Gasteiger charge is -2.37. The van der Waals surface area contributed by atoms with Gasteiger partial charge in [-0.3, -0.25) is 9.59 Å². The highest BCUT2D eigenvalue weighted by molar-refractivity contribution is 7.89. The van der Waals surface area contributed by atoms with Crippen LogP contribution in [0.25, 0.3) is 22.3 Å². The van der Waals surface area contributed by atoms with Crippen molar-refractivity contribution in [1.82, 2.24) is 35.1 Å². The second-order valence-corrected chi connectivity index (χ2v) is 22.8. The zero-order valence-corrected chi connectivity index (χ0v) is 43.7. The number of carboxylic acid groups (broad SMARTS) is 1. The van der Waals surface area contributed by atoms with E-state index in [4.69, 9.17) is 19.4 Å². The van der Waals surface area contributed by atoms with Gasteiger partial charge >= 0.3 is 12.0 Å². The number of carbonyl (C=O) groups is 4. The number of sulfonamides is 1. The van der Waals surface area contributed by atoms with E-state index in [1.54, 1.807) is 44.4 Å². The average Bonchev–Trinajstić information content (AvgIpc) is 3.96. The maximum Gasteiger partial charge on any atom is 0.329 e. The van der Waals surface area contributed by atoms with Crippen molar-refractivity contribution in [3.05, 3.63) is 59.5 Å². The van der Waals surface area contributed by atoms with Crippen LogP contribution >= 0.6 is 11.3 Å². The number of benzene rings is 2. The number of hydrogen-bond acceptors (Lipinski definition) is 12. The van der Waals surface area contributed by atoms with Crippen LogP contribution in [-0.2, 0) is 30.8 Å². The number of aliphatic carboxylic acids is 1. The number of unbranched alkanes of at least 4 members (excludes halogenated alkanes) is 5. The van der Waals surface area contributed by atoms with Gasteiger partial charge in [-0.25, -0.2) is 28.0 Å². The number of amides is 4. The van der Waals surface area contributed by atoms with Crippen molar-refractivity contribution in [3.63, 3.8) is 0 Å². The van der Waals surface area contributed by atoms with Crippen LogP contribution in [0.5, 0.6) is 11.5 Å². The molecule has 70 heavy (non-hydrogen) atoms. The molecule has 2 aromatic heterocycles. The Labute approximate surface area is 416 Å². The molecule has 5 atom stereocenters. The number of fused-ring (bicyclic) bond motifs is 2. The minimum absolute atomic E-state index is 0.00739. The number of anilines is 1. The first-order valence-corrected chi connectivity index (χ1v) is 26.9. The first-order chi connectivity index (χ1) is 33.2. The fourth-order valence-corrected chi connectivity index (χ4v) is 11.3. The molecule has 6 rings (SSSR count). The Kier molecular flexibility index (Phi) is 17.8. The fraction of sp³-hybridized carbons (Fsp3) is 0.569. The third-order valence-electron chi connectivity index (χ3n) is 13.3. The quantitative estimate of drug-likeness (QED) is 0.0473. The smallest absolute Gasteiger partial charge is 0.329 e. The van der Waals surface area contributed by atoms with Gasteiger partial charge in [0.1, 0.15) is 40.9 Å². The van der Waals surface area contributed by atoms with Crippen LogP contribution in [0.3, 0.4) is 0 Å². The van der Waals surface area contributed by atoms with E-state index < -0.39 is 69.0 Å². The first kappa shape index (κ1) is 53.8. The number of carboxylic acids is 1. The van der Waals surface area contributed by atoms with Crippen LogP contribution in [0.15, 0.2) is 58.8 Å². The van der Waals surface area contributed by atoms with E-state index in [9.17, 15) is 27.9 Å².